The number of nitrogens with zero attached hydrogens (tertiary/aromatic N) is 1. The van der Waals surface area contributed by atoms with E-state index in [2.05, 4.69) is 26.3 Å². The van der Waals surface area contributed by atoms with Gasteiger partial charge in [0.05, 0.1) is 12.7 Å². The van der Waals surface area contributed by atoms with Gasteiger partial charge in [-0.05, 0) is 24.3 Å². The van der Waals surface area contributed by atoms with Crippen LogP contribution in [0.25, 0.3) is 11.3 Å². The average Bonchev–Trinajstić information content (AvgIpc) is 3.04. The van der Waals surface area contributed by atoms with E-state index in [1.807, 2.05) is 36.4 Å². The van der Waals surface area contributed by atoms with Crippen LogP contribution in [0.1, 0.15) is 5.76 Å². The van der Waals surface area contributed by atoms with E-state index in [1.54, 1.807) is 0 Å². The first kappa shape index (κ1) is 13.6. The Bertz CT molecular complexity index is 801. The third-order valence-electron chi connectivity index (χ3n) is 2.92. The van der Waals surface area contributed by atoms with Crippen LogP contribution in [0.15, 0.2) is 56.3 Å². The molecule has 1 aromatic carbocycles. The summed E-state index contributed by atoms with van der Waals surface area (Å²) in [7, 11) is 0. The van der Waals surface area contributed by atoms with Crippen LogP contribution < -0.4 is 11.1 Å². The van der Waals surface area contributed by atoms with Gasteiger partial charge in [0.25, 0.3) is 0 Å². The summed E-state index contributed by atoms with van der Waals surface area (Å²) < 4.78 is 7.88. The van der Waals surface area contributed by atoms with Crippen LogP contribution in [-0.4, -0.2) is 14.8 Å². The molecule has 0 aliphatic carbocycles. The number of aromatic hydroxyl groups is 1. The number of furan rings is 1. The largest absolute Gasteiger partial charge is 0.493 e. The predicted molar refractivity (Wildman–Crippen MR) is 81.6 cm³/mol. The molecule has 6 nitrogen and oxygen atoms in total. The van der Waals surface area contributed by atoms with Gasteiger partial charge in [0, 0.05) is 10.0 Å². The minimum absolute atomic E-state index is 0.192. The van der Waals surface area contributed by atoms with Gasteiger partial charge in [0.15, 0.2) is 0 Å². The van der Waals surface area contributed by atoms with E-state index in [9.17, 15) is 4.79 Å². The second-order valence-electron chi connectivity index (χ2n) is 4.42. The molecule has 3 aromatic rings. The number of aromatic nitrogens is 2. The molecule has 0 bridgehead atoms. The van der Waals surface area contributed by atoms with Gasteiger partial charge >= 0.3 is 5.69 Å². The lowest BCUT2D eigenvalue weighted by molar-refractivity contribution is 0.455. The lowest BCUT2D eigenvalue weighted by Gasteiger charge is -2.03. The molecule has 0 spiro atoms. The molecule has 0 saturated carbocycles. The number of nitrogens with one attached hydrogen (secondary N) is 2. The Hall–Kier alpha value is -2.41. The van der Waals surface area contributed by atoms with Crippen molar-refractivity contribution in [2.75, 3.05) is 5.43 Å². The van der Waals surface area contributed by atoms with Crippen molar-refractivity contribution in [2.24, 2.45) is 0 Å². The Morgan fingerprint density at radius 1 is 1.24 bits per heavy atom. The first-order valence-electron chi connectivity index (χ1n) is 6.21. The maximum Gasteiger partial charge on any atom is 0.346 e. The number of imidazole rings is 1. The number of benzene rings is 1. The lowest BCUT2D eigenvalue weighted by Crippen LogP contribution is -2.25. The van der Waals surface area contributed by atoms with Crippen molar-refractivity contribution in [3.05, 3.63) is 63.3 Å². The van der Waals surface area contributed by atoms with E-state index in [0.29, 0.717) is 12.3 Å². The van der Waals surface area contributed by atoms with E-state index in [1.165, 1.54) is 6.20 Å². The van der Waals surface area contributed by atoms with Crippen molar-refractivity contribution in [3.8, 4) is 17.2 Å². The molecule has 3 rings (SSSR count). The highest BCUT2D eigenvalue weighted by atomic mass is 79.9. The summed E-state index contributed by atoms with van der Waals surface area (Å²) in [4.78, 5) is 13.6. The number of hydrogen-bond acceptors (Lipinski definition) is 4. The van der Waals surface area contributed by atoms with Crippen LogP contribution in [0.5, 0.6) is 5.88 Å². The second-order valence-corrected chi connectivity index (χ2v) is 5.34. The van der Waals surface area contributed by atoms with E-state index in [0.717, 1.165) is 20.5 Å². The molecule has 108 valence electrons. The van der Waals surface area contributed by atoms with Crippen molar-refractivity contribution in [2.45, 2.75) is 6.54 Å². The third kappa shape index (κ3) is 3.03. The van der Waals surface area contributed by atoms with Gasteiger partial charge in [-0.3, -0.25) is 4.98 Å². The highest BCUT2D eigenvalue weighted by molar-refractivity contribution is 9.10. The Kier molecular flexibility index (Phi) is 3.57. The number of hydrogen-bond donors (Lipinski definition) is 3. The third-order valence-corrected chi connectivity index (χ3v) is 3.45. The number of aromatic amines is 1. The molecule has 0 atom stereocenters. The molecule has 2 aromatic heterocycles. The maximum atomic E-state index is 11.4. The van der Waals surface area contributed by atoms with E-state index >= 15 is 0 Å². The molecular weight excluding hydrogens is 338 g/mol. The Labute approximate surface area is 128 Å². The fourth-order valence-electron chi connectivity index (χ4n) is 1.91. The first-order chi connectivity index (χ1) is 10.1. The van der Waals surface area contributed by atoms with Crippen LogP contribution in [0, 0.1) is 0 Å². The van der Waals surface area contributed by atoms with Gasteiger partial charge in [-0.25, -0.2) is 9.47 Å². The molecule has 0 radical (unpaired) electrons. The highest BCUT2D eigenvalue weighted by Crippen LogP contribution is 2.23. The number of halogens is 1. The van der Waals surface area contributed by atoms with Crippen LogP contribution in [0.3, 0.4) is 0 Å². The minimum Gasteiger partial charge on any atom is -0.493 e. The molecule has 0 aliphatic heterocycles. The molecule has 2 heterocycles. The summed E-state index contributed by atoms with van der Waals surface area (Å²) in [5.41, 5.74) is 3.37. The fourth-order valence-corrected chi connectivity index (χ4v) is 2.17. The molecule has 3 N–H and O–H groups in total. The Morgan fingerprint density at radius 3 is 2.67 bits per heavy atom. The van der Waals surface area contributed by atoms with Gasteiger partial charge in [0.1, 0.15) is 11.5 Å². The lowest BCUT2D eigenvalue weighted by atomic mass is 10.2. The summed E-state index contributed by atoms with van der Waals surface area (Å²) in [5.74, 6) is 1.24. The summed E-state index contributed by atoms with van der Waals surface area (Å²) in [6.45, 7) is 0.327. The average molecular weight is 350 g/mol. The van der Waals surface area contributed by atoms with Crippen molar-refractivity contribution >= 4 is 15.9 Å². The summed E-state index contributed by atoms with van der Waals surface area (Å²) in [6, 6.07) is 11.5. The smallest absolute Gasteiger partial charge is 0.346 e. The van der Waals surface area contributed by atoms with Crippen LogP contribution in [0.2, 0.25) is 0 Å². The zero-order valence-electron chi connectivity index (χ0n) is 10.8. The molecule has 21 heavy (non-hydrogen) atoms. The highest BCUT2D eigenvalue weighted by Gasteiger charge is 2.06. The zero-order valence-corrected chi connectivity index (χ0v) is 12.4. The van der Waals surface area contributed by atoms with E-state index < -0.39 is 5.69 Å². The Morgan fingerprint density at radius 2 is 2.00 bits per heavy atom. The molecule has 7 heteroatoms. The zero-order chi connectivity index (χ0) is 14.8. The topological polar surface area (TPSA) is 83.2 Å². The monoisotopic (exact) mass is 349 g/mol. The molecule has 0 unspecified atom stereocenters. The summed E-state index contributed by atoms with van der Waals surface area (Å²) in [5, 5.41) is 9.16. The molecule has 0 aliphatic rings. The fraction of sp³-hybridized carbons (Fsp3) is 0.0714. The Balaban J connectivity index is 1.72. The van der Waals surface area contributed by atoms with Crippen LogP contribution in [0.4, 0.5) is 0 Å². The maximum absolute atomic E-state index is 11.4. The SMILES string of the molecule is O=c1[nH]c(O)cn1NCc1ccc(-c2ccc(Br)cc2)o1. The predicted octanol–water partition coefficient (Wildman–Crippen LogP) is 2.65. The van der Waals surface area contributed by atoms with Gasteiger partial charge in [-0.2, -0.15) is 0 Å². The normalized spacial score (nSPS) is 10.7. The molecule has 0 fully saturated rings. The van der Waals surface area contributed by atoms with Crippen LogP contribution >= 0.6 is 15.9 Å². The molecule has 0 amide bonds. The summed E-state index contributed by atoms with van der Waals surface area (Å²) in [6.07, 6.45) is 1.26. The number of H-pyrrole nitrogens is 1. The van der Waals surface area contributed by atoms with Gasteiger partial charge in [0.2, 0.25) is 5.88 Å². The molecular formula is C14H12BrN3O3. The van der Waals surface area contributed by atoms with E-state index in [4.69, 9.17) is 9.52 Å². The quantitative estimate of drug-likeness (QED) is 0.676. The standard InChI is InChI=1S/C14H12BrN3O3/c15-10-3-1-9(2-4-10)12-6-5-11(21-12)7-16-18-8-13(19)17-14(18)20/h1-6,8,16,19H,7H2,(H,17,20). The van der Waals surface area contributed by atoms with Gasteiger partial charge < -0.3 is 14.9 Å². The van der Waals surface area contributed by atoms with Crippen LogP contribution in [-0.2, 0) is 6.54 Å². The summed E-state index contributed by atoms with van der Waals surface area (Å²) >= 11 is 3.39. The second kappa shape index (κ2) is 5.53. The van der Waals surface area contributed by atoms with Crippen molar-refractivity contribution in [1.29, 1.82) is 0 Å². The van der Waals surface area contributed by atoms with Gasteiger partial charge in [-0.1, -0.05) is 28.1 Å². The van der Waals surface area contributed by atoms with Crippen molar-refractivity contribution < 1.29 is 9.52 Å². The van der Waals surface area contributed by atoms with Crippen molar-refractivity contribution in [3.63, 3.8) is 0 Å². The van der Waals surface area contributed by atoms with Crippen molar-refractivity contribution in [1.82, 2.24) is 9.66 Å². The minimum atomic E-state index is -0.438. The van der Waals surface area contributed by atoms with Gasteiger partial charge in [-0.15, -0.1) is 0 Å². The first-order valence-corrected chi connectivity index (χ1v) is 7.00. The van der Waals surface area contributed by atoms with E-state index in [-0.39, 0.29) is 5.88 Å². The molecule has 0 saturated heterocycles. The number of rotatable bonds is 4.